The largest absolute Gasteiger partial charge is 0.303 e. The van der Waals surface area contributed by atoms with Crippen molar-refractivity contribution in [2.45, 2.75) is 0 Å². The molecule has 0 aliphatic rings. The SMILES string of the molecule is O=C(Nc1c[n+](-c2ccccc2)no1)c1ccccc1. The first-order valence-corrected chi connectivity index (χ1v) is 6.13. The average Bonchev–Trinajstić information content (AvgIpc) is 2.97. The predicted molar refractivity (Wildman–Crippen MR) is 72.4 cm³/mol. The fraction of sp³-hybridized carbons (Fsp3) is 0. The van der Waals surface area contributed by atoms with Crippen LogP contribution in [-0.2, 0) is 0 Å². The van der Waals surface area contributed by atoms with Crippen LogP contribution in [0.2, 0.25) is 0 Å². The summed E-state index contributed by atoms with van der Waals surface area (Å²) in [6, 6.07) is 18.4. The first kappa shape index (κ1) is 12.1. The summed E-state index contributed by atoms with van der Waals surface area (Å²) in [5, 5.41) is 6.52. The molecule has 1 aromatic heterocycles. The standard InChI is InChI=1S/C15H11N3O2/c19-15(12-7-3-1-4-8-12)16-14-11-18(17-20-14)13-9-5-2-6-10-13/h1-11H/p+1. The van der Waals surface area contributed by atoms with E-state index in [9.17, 15) is 4.79 Å². The van der Waals surface area contributed by atoms with Gasteiger partial charge in [-0.15, -0.1) is 0 Å². The summed E-state index contributed by atoms with van der Waals surface area (Å²) in [4.78, 5) is 12.0. The fourth-order valence-electron chi connectivity index (χ4n) is 1.78. The van der Waals surface area contributed by atoms with Gasteiger partial charge in [0.15, 0.2) is 0 Å². The summed E-state index contributed by atoms with van der Waals surface area (Å²) >= 11 is 0. The quantitative estimate of drug-likeness (QED) is 0.739. The fourth-order valence-corrected chi connectivity index (χ4v) is 1.78. The molecule has 3 rings (SSSR count). The Hall–Kier alpha value is -2.95. The summed E-state index contributed by atoms with van der Waals surface area (Å²) in [5.41, 5.74) is 1.42. The second-order valence-corrected chi connectivity index (χ2v) is 4.17. The Morgan fingerprint density at radius 2 is 1.65 bits per heavy atom. The van der Waals surface area contributed by atoms with Crippen molar-refractivity contribution in [3.05, 3.63) is 72.4 Å². The van der Waals surface area contributed by atoms with E-state index in [1.807, 2.05) is 36.4 Å². The molecule has 0 spiro atoms. The maximum absolute atomic E-state index is 12.0. The van der Waals surface area contributed by atoms with Crippen molar-refractivity contribution >= 4 is 11.8 Å². The molecule has 0 aliphatic heterocycles. The Kier molecular flexibility index (Phi) is 3.24. The van der Waals surface area contributed by atoms with Crippen molar-refractivity contribution in [2.75, 3.05) is 5.32 Å². The number of rotatable bonds is 3. The van der Waals surface area contributed by atoms with Crippen molar-refractivity contribution in [3.8, 4) is 5.69 Å². The van der Waals surface area contributed by atoms with Gasteiger partial charge in [-0.05, 0) is 16.8 Å². The zero-order valence-corrected chi connectivity index (χ0v) is 10.6. The minimum Gasteiger partial charge on any atom is -0.285 e. The monoisotopic (exact) mass is 266 g/mol. The summed E-state index contributed by atoms with van der Waals surface area (Å²) in [7, 11) is 0. The van der Waals surface area contributed by atoms with Gasteiger partial charge in [0.05, 0.1) is 0 Å². The molecule has 0 radical (unpaired) electrons. The van der Waals surface area contributed by atoms with Crippen LogP contribution in [0.25, 0.3) is 5.69 Å². The van der Waals surface area contributed by atoms with Gasteiger partial charge in [0.1, 0.15) is 0 Å². The molecule has 0 fully saturated rings. The van der Waals surface area contributed by atoms with Crippen LogP contribution in [0, 0.1) is 0 Å². The molecule has 0 saturated heterocycles. The van der Waals surface area contributed by atoms with Gasteiger partial charge in [0.2, 0.25) is 11.0 Å². The van der Waals surface area contributed by atoms with Crippen LogP contribution >= 0.6 is 0 Å². The molecule has 5 nitrogen and oxygen atoms in total. The third-order valence-corrected chi connectivity index (χ3v) is 2.76. The molecular formula is C15H12N3O2+. The summed E-state index contributed by atoms with van der Waals surface area (Å²) < 4.78 is 6.65. The molecular weight excluding hydrogens is 254 g/mol. The molecule has 1 N–H and O–H groups in total. The van der Waals surface area contributed by atoms with Gasteiger partial charge in [0, 0.05) is 17.7 Å². The van der Waals surface area contributed by atoms with Gasteiger partial charge in [-0.25, -0.2) is 0 Å². The minimum absolute atomic E-state index is 0.234. The van der Waals surface area contributed by atoms with Gasteiger partial charge >= 0.3 is 5.88 Å². The number of hydrogen-bond acceptors (Lipinski definition) is 3. The lowest BCUT2D eigenvalue weighted by atomic mass is 10.2. The molecule has 0 unspecified atom stereocenters. The van der Waals surface area contributed by atoms with Gasteiger partial charge in [-0.2, -0.15) is 0 Å². The van der Waals surface area contributed by atoms with Crippen LogP contribution in [0.15, 0.2) is 71.4 Å². The Bertz CT molecular complexity index is 708. The smallest absolute Gasteiger partial charge is 0.285 e. The highest BCUT2D eigenvalue weighted by Gasteiger charge is 2.16. The third kappa shape index (κ3) is 2.56. The van der Waals surface area contributed by atoms with E-state index in [1.54, 1.807) is 35.1 Å². The van der Waals surface area contributed by atoms with E-state index in [-0.39, 0.29) is 5.91 Å². The van der Waals surface area contributed by atoms with Crippen LogP contribution in [0.4, 0.5) is 5.88 Å². The number of hydrogen-bond donors (Lipinski definition) is 1. The molecule has 0 atom stereocenters. The average molecular weight is 266 g/mol. The number of para-hydroxylation sites is 1. The molecule has 3 aromatic rings. The van der Waals surface area contributed by atoms with E-state index in [0.29, 0.717) is 11.4 Å². The highest BCUT2D eigenvalue weighted by molar-refractivity contribution is 6.03. The molecule has 0 bridgehead atoms. The highest BCUT2D eigenvalue weighted by atomic mass is 16.5. The number of carbonyl (C=O) groups is 1. The number of amides is 1. The number of aromatic nitrogens is 2. The molecule has 2 aromatic carbocycles. The second kappa shape index (κ2) is 5.36. The molecule has 98 valence electrons. The third-order valence-electron chi connectivity index (χ3n) is 2.76. The maximum atomic E-state index is 12.0. The topological polar surface area (TPSA) is 59.0 Å². The van der Waals surface area contributed by atoms with Gasteiger partial charge in [-0.3, -0.25) is 14.6 Å². The second-order valence-electron chi connectivity index (χ2n) is 4.17. The highest BCUT2D eigenvalue weighted by Crippen LogP contribution is 2.07. The lowest BCUT2D eigenvalue weighted by Gasteiger charge is -1.97. The first-order valence-electron chi connectivity index (χ1n) is 6.13. The molecule has 0 aliphatic carbocycles. The van der Waals surface area contributed by atoms with E-state index in [4.69, 9.17) is 4.52 Å². The maximum Gasteiger partial charge on any atom is 0.303 e. The van der Waals surface area contributed by atoms with E-state index in [1.165, 1.54) is 0 Å². The van der Waals surface area contributed by atoms with E-state index >= 15 is 0 Å². The number of benzene rings is 2. The number of carbonyl (C=O) groups excluding carboxylic acids is 1. The normalized spacial score (nSPS) is 10.2. The predicted octanol–water partition coefficient (Wildman–Crippen LogP) is 2.20. The summed E-state index contributed by atoms with van der Waals surface area (Å²) in [6.07, 6.45) is 1.62. The van der Waals surface area contributed by atoms with Crippen LogP contribution in [0.5, 0.6) is 0 Å². The van der Waals surface area contributed by atoms with Crippen LogP contribution in [0.3, 0.4) is 0 Å². The van der Waals surface area contributed by atoms with Gasteiger partial charge in [0.25, 0.3) is 12.1 Å². The zero-order chi connectivity index (χ0) is 13.8. The first-order chi connectivity index (χ1) is 9.83. The van der Waals surface area contributed by atoms with Crippen molar-refractivity contribution < 1.29 is 14.0 Å². The summed E-state index contributed by atoms with van der Waals surface area (Å²) in [5.74, 6) is 0.0599. The van der Waals surface area contributed by atoms with Crippen molar-refractivity contribution in [1.29, 1.82) is 0 Å². The Labute approximate surface area is 115 Å². The Balaban J connectivity index is 1.77. The molecule has 1 amide bonds. The molecule has 5 heteroatoms. The number of nitrogens with one attached hydrogen (secondary N) is 1. The number of nitrogens with zero attached hydrogens (tertiary/aromatic N) is 2. The van der Waals surface area contributed by atoms with Crippen molar-refractivity contribution in [1.82, 2.24) is 5.27 Å². The lowest BCUT2D eigenvalue weighted by Crippen LogP contribution is -2.31. The minimum atomic E-state index is -0.234. The lowest BCUT2D eigenvalue weighted by molar-refractivity contribution is -0.670. The van der Waals surface area contributed by atoms with Gasteiger partial charge < -0.3 is 0 Å². The Morgan fingerprint density at radius 3 is 2.35 bits per heavy atom. The van der Waals surface area contributed by atoms with Crippen LogP contribution < -0.4 is 10.00 Å². The number of anilines is 1. The van der Waals surface area contributed by atoms with E-state index in [0.717, 1.165) is 5.69 Å². The molecule has 20 heavy (non-hydrogen) atoms. The van der Waals surface area contributed by atoms with Crippen molar-refractivity contribution in [3.63, 3.8) is 0 Å². The van der Waals surface area contributed by atoms with E-state index < -0.39 is 0 Å². The van der Waals surface area contributed by atoms with Crippen molar-refractivity contribution in [2.24, 2.45) is 0 Å². The van der Waals surface area contributed by atoms with E-state index in [2.05, 4.69) is 10.6 Å². The van der Waals surface area contributed by atoms with Gasteiger partial charge in [-0.1, -0.05) is 36.4 Å². The zero-order valence-electron chi connectivity index (χ0n) is 10.6. The molecule has 0 saturated carbocycles. The summed E-state index contributed by atoms with van der Waals surface area (Å²) in [6.45, 7) is 0. The molecule has 1 heterocycles. The van der Waals surface area contributed by atoms with Crippen LogP contribution in [0.1, 0.15) is 10.4 Å². The van der Waals surface area contributed by atoms with Crippen LogP contribution in [-0.4, -0.2) is 11.2 Å². The Morgan fingerprint density at radius 1 is 1.00 bits per heavy atom.